The first-order valence-electron chi connectivity index (χ1n) is 7.61. The van der Waals surface area contributed by atoms with Crippen molar-refractivity contribution in [2.24, 2.45) is 16.9 Å². The van der Waals surface area contributed by atoms with Gasteiger partial charge < -0.3 is 0 Å². The molecule has 1 rings (SSSR count). The van der Waals surface area contributed by atoms with Gasteiger partial charge in [-0.25, -0.2) is 5.43 Å². The Morgan fingerprint density at radius 3 is 1.86 bits per heavy atom. The SMILES string of the molecule is CC(C)C(=NNC(=O)c1ccc(C(C)(C)C)cc1)C(C)C. The number of nitrogens with zero attached hydrogens (tertiary/aromatic N) is 1. The number of hydrogen-bond acceptors (Lipinski definition) is 2. The summed E-state index contributed by atoms with van der Waals surface area (Å²) in [5.41, 5.74) is 5.62. The minimum Gasteiger partial charge on any atom is -0.267 e. The molecule has 0 radical (unpaired) electrons. The fourth-order valence-corrected chi connectivity index (χ4v) is 2.23. The second-order valence-electron chi connectivity index (χ2n) is 7.11. The molecule has 1 amide bonds. The lowest BCUT2D eigenvalue weighted by atomic mass is 9.87. The normalized spacial score (nSPS) is 11.7. The number of amides is 1. The first-order valence-corrected chi connectivity index (χ1v) is 7.61. The minimum absolute atomic E-state index is 0.0929. The van der Waals surface area contributed by atoms with Gasteiger partial charge in [-0.15, -0.1) is 0 Å². The Hall–Kier alpha value is -1.64. The molecule has 0 aromatic heterocycles. The molecule has 0 bridgehead atoms. The number of carbonyl (C=O) groups excluding carboxylic acids is 1. The summed E-state index contributed by atoms with van der Waals surface area (Å²) in [5.74, 6) is 0.497. The zero-order valence-corrected chi connectivity index (χ0v) is 14.3. The molecule has 116 valence electrons. The van der Waals surface area contributed by atoms with Crippen molar-refractivity contribution >= 4 is 11.6 Å². The third kappa shape index (κ3) is 5.00. The average molecular weight is 288 g/mol. The number of nitrogens with one attached hydrogen (secondary N) is 1. The van der Waals surface area contributed by atoms with Gasteiger partial charge in [-0.2, -0.15) is 5.10 Å². The molecule has 0 saturated carbocycles. The maximum atomic E-state index is 12.1. The quantitative estimate of drug-likeness (QED) is 0.648. The Morgan fingerprint density at radius 2 is 1.48 bits per heavy atom. The lowest BCUT2D eigenvalue weighted by Gasteiger charge is -2.19. The predicted octanol–water partition coefficient (Wildman–Crippen LogP) is 4.38. The molecule has 0 aliphatic heterocycles. The number of hydrazone groups is 1. The van der Waals surface area contributed by atoms with Gasteiger partial charge in [0.2, 0.25) is 0 Å². The standard InChI is InChI=1S/C18H28N2O/c1-12(2)16(13(3)4)19-20-17(21)14-8-10-15(11-9-14)18(5,6)7/h8-13H,1-7H3,(H,20,21). The van der Waals surface area contributed by atoms with Crippen LogP contribution in [0.4, 0.5) is 0 Å². The second-order valence-corrected chi connectivity index (χ2v) is 7.11. The van der Waals surface area contributed by atoms with Gasteiger partial charge in [0.15, 0.2) is 0 Å². The van der Waals surface area contributed by atoms with Crippen LogP contribution in [0.5, 0.6) is 0 Å². The van der Waals surface area contributed by atoms with Gasteiger partial charge >= 0.3 is 0 Å². The zero-order valence-electron chi connectivity index (χ0n) is 14.3. The second kappa shape index (κ2) is 6.88. The van der Waals surface area contributed by atoms with E-state index in [4.69, 9.17) is 0 Å². The monoisotopic (exact) mass is 288 g/mol. The van der Waals surface area contributed by atoms with Gasteiger partial charge in [0.25, 0.3) is 5.91 Å². The highest BCUT2D eigenvalue weighted by molar-refractivity contribution is 5.96. The molecule has 1 aromatic carbocycles. The van der Waals surface area contributed by atoms with Crippen LogP contribution in [0.1, 0.15) is 64.4 Å². The maximum Gasteiger partial charge on any atom is 0.271 e. The molecule has 3 nitrogen and oxygen atoms in total. The Kier molecular flexibility index (Phi) is 5.70. The van der Waals surface area contributed by atoms with Crippen LogP contribution in [0.15, 0.2) is 29.4 Å². The van der Waals surface area contributed by atoms with Gasteiger partial charge in [-0.3, -0.25) is 4.79 Å². The molecule has 0 saturated heterocycles. The molecule has 0 fully saturated rings. The van der Waals surface area contributed by atoms with Crippen LogP contribution in [0.2, 0.25) is 0 Å². The van der Waals surface area contributed by atoms with Crippen molar-refractivity contribution in [1.82, 2.24) is 5.43 Å². The van der Waals surface area contributed by atoms with Crippen molar-refractivity contribution in [3.63, 3.8) is 0 Å². The lowest BCUT2D eigenvalue weighted by Crippen LogP contribution is -2.24. The van der Waals surface area contributed by atoms with Crippen LogP contribution in [-0.2, 0) is 5.41 Å². The predicted molar refractivity (Wildman–Crippen MR) is 89.7 cm³/mol. The topological polar surface area (TPSA) is 41.5 Å². The molecule has 0 unspecified atom stereocenters. The number of benzene rings is 1. The highest BCUT2D eigenvalue weighted by Gasteiger charge is 2.15. The Balaban J connectivity index is 2.83. The van der Waals surface area contributed by atoms with Crippen LogP contribution in [0.25, 0.3) is 0 Å². The third-order valence-corrected chi connectivity index (χ3v) is 3.48. The van der Waals surface area contributed by atoms with Crippen molar-refractivity contribution in [3.8, 4) is 0 Å². The Labute approximate surface area is 128 Å². The number of rotatable bonds is 4. The molecular weight excluding hydrogens is 260 g/mol. The molecule has 21 heavy (non-hydrogen) atoms. The van der Waals surface area contributed by atoms with Crippen molar-refractivity contribution in [1.29, 1.82) is 0 Å². The highest BCUT2D eigenvalue weighted by atomic mass is 16.2. The maximum absolute atomic E-state index is 12.1. The molecule has 3 heteroatoms. The van der Waals surface area contributed by atoms with E-state index in [1.54, 1.807) is 0 Å². The molecule has 0 aliphatic carbocycles. The smallest absolute Gasteiger partial charge is 0.267 e. The number of hydrogen-bond donors (Lipinski definition) is 1. The molecule has 0 heterocycles. The largest absolute Gasteiger partial charge is 0.271 e. The molecule has 0 spiro atoms. The van der Waals surface area contributed by atoms with E-state index in [1.165, 1.54) is 5.56 Å². The third-order valence-electron chi connectivity index (χ3n) is 3.48. The van der Waals surface area contributed by atoms with Crippen LogP contribution >= 0.6 is 0 Å². The van der Waals surface area contributed by atoms with E-state index in [-0.39, 0.29) is 11.3 Å². The number of carbonyl (C=O) groups is 1. The Morgan fingerprint density at radius 1 is 1.00 bits per heavy atom. The summed E-state index contributed by atoms with van der Waals surface area (Å²) in [5, 5.41) is 4.29. The summed E-state index contributed by atoms with van der Waals surface area (Å²) in [6, 6.07) is 7.72. The van der Waals surface area contributed by atoms with E-state index >= 15 is 0 Å². The van der Waals surface area contributed by atoms with Crippen molar-refractivity contribution in [2.75, 3.05) is 0 Å². The molecule has 0 atom stereocenters. The molecule has 1 aromatic rings. The van der Waals surface area contributed by atoms with E-state index in [0.29, 0.717) is 17.4 Å². The summed E-state index contributed by atoms with van der Waals surface area (Å²) in [6.45, 7) is 14.8. The first-order chi connectivity index (χ1) is 9.62. The van der Waals surface area contributed by atoms with Gasteiger partial charge in [0, 0.05) is 11.3 Å². The summed E-state index contributed by atoms with van der Waals surface area (Å²) in [7, 11) is 0. The molecular formula is C18H28N2O. The lowest BCUT2D eigenvalue weighted by molar-refractivity contribution is 0.0954. The first kappa shape index (κ1) is 17.4. The summed E-state index contributed by atoms with van der Waals surface area (Å²) >= 11 is 0. The van der Waals surface area contributed by atoms with Crippen molar-refractivity contribution < 1.29 is 4.79 Å². The summed E-state index contributed by atoms with van der Waals surface area (Å²) < 4.78 is 0. The van der Waals surface area contributed by atoms with Gasteiger partial charge in [0.05, 0.1) is 0 Å². The van der Waals surface area contributed by atoms with E-state index < -0.39 is 0 Å². The molecule has 1 N–H and O–H groups in total. The van der Waals surface area contributed by atoms with E-state index in [1.807, 2.05) is 24.3 Å². The Bertz CT molecular complexity index is 495. The van der Waals surface area contributed by atoms with Crippen molar-refractivity contribution in [3.05, 3.63) is 35.4 Å². The fraction of sp³-hybridized carbons (Fsp3) is 0.556. The van der Waals surface area contributed by atoms with Crippen molar-refractivity contribution in [2.45, 2.75) is 53.9 Å². The molecule has 0 aliphatic rings. The highest BCUT2D eigenvalue weighted by Crippen LogP contribution is 2.22. The van der Waals surface area contributed by atoms with Gasteiger partial charge in [-0.05, 0) is 34.9 Å². The van der Waals surface area contributed by atoms with Crippen LogP contribution in [0.3, 0.4) is 0 Å². The van der Waals surface area contributed by atoms with E-state index in [0.717, 1.165) is 5.71 Å². The van der Waals surface area contributed by atoms with Crippen LogP contribution in [-0.4, -0.2) is 11.6 Å². The van der Waals surface area contributed by atoms with Crippen LogP contribution < -0.4 is 5.43 Å². The zero-order chi connectivity index (χ0) is 16.2. The van der Waals surface area contributed by atoms with Crippen LogP contribution in [0, 0.1) is 11.8 Å². The van der Waals surface area contributed by atoms with Gasteiger partial charge in [0.1, 0.15) is 0 Å². The summed E-state index contributed by atoms with van der Waals surface area (Å²) in [4.78, 5) is 12.1. The van der Waals surface area contributed by atoms with E-state index in [9.17, 15) is 4.79 Å². The minimum atomic E-state index is -0.158. The summed E-state index contributed by atoms with van der Waals surface area (Å²) in [6.07, 6.45) is 0. The average Bonchev–Trinajstić information content (AvgIpc) is 2.37. The van der Waals surface area contributed by atoms with Gasteiger partial charge in [-0.1, -0.05) is 60.6 Å². The fourth-order valence-electron chi connectivity index (χ4n) is 2.23. The van der Waals surface area contributed by atoms with E-state index in [2.05, 4.69) is 59.0 Å².